The van der Waals surface area contributed by atoms with E-state index in [0.717, 1.165) is 8.95 Å². The summed E-state index contributed by atoms with van der Waals surface area (Å²) in [7, 11) is 0. The van der Waals surface area contributed by atoms with Crippen LogP contribution in [-0.4, -0.2) is 4.98 Å². The Balaban J connectivity index is 2.34. The summed E-state index contributed by atoms with van der Waals surface area (Å²) < 4.78 is 15.1. The number of anilines is 2. The van der Waals surface area contributed by atoms with Crippen molar-refractivity contribution < 1.29 is 4.39 Å². The van der Waals surface area contributed by atoms with Crippen LogP contribution >= 0.6 is 31.9 Å². The highest BCUT2D eigenvalue weighted by molar-refractivity contribution is 9.10. The van der Waals surface area contributed by atoms with Crippen molar-refractivity contribution in [1.82, 2.24) is 4.98 Å². The average molecular weight is 346 g/mol. The number of pyridine rings is 1. The van der Waals surface area contributed by atoms with E-state index in [2.05, 4.69) is 42.2 Å². The van der Waals surface area contributed by atoms with E-state index in [9.17, 15) is 4.39 Å². The van der Waals surface area contributed by atoms with E-state index < -0.39 is 0 Å². The second-order valence-corrected chi connectivity index (χ2v) is 4.85. The molecular weight excluding hydrogens is 339 g/mol. The normalized spacial score (nSPS) is 10.2. The van der Waals surface area contributed by atoms with Crippen molar-refractivity contribution >= 4 is 43.4 Å². The Morgan fingerprint density at radius 2 is 2.00 bits per heavy atom. The van der Waals surface area contributed by atoms with Gasteiger partial charge in [-0.05, 0) is 46.3 Å². The Morgan fingerprint density at radius 1 is 1.19 bits per heavy atom. The predicted molar refractivity (Wildman–Crippen MR) is 69.3 cm³/mol. The van der Waals surface area contributed by atoms with Gasteiger partial charge in [0.25, 0.3) is 0 Å². The SMILES string of the molecule is Fc1ccc(Br)cc1Nc1ncccc1Br. The summed E-state index contributed by atoms with van der Waals surface area (Å²) in [4.78, 5) is 4.10. The van der Waals surface area contributed by atoms with Gasteiger partial charge in [-0.1, -0.05) is 15.9 Å². The molecule has 1 aromatic carbocycles. The Hall–Kier alpha value is -0.940. The summed E-state index contributed by atoms with van der Waals surface area (Å²) in [5.74, 6) is 0.264. The first-order valence-electron chi connectivity index (χ1n) is 4.49. The lowest BCUT2D eigenvalue weighted by Crippen LogP contribution is -1.96. The molecule has 0 aliphatic rings. The molecule has 5 heteroatoms. The first-order valence-corrected chi connectivity index (χ1v) is 6.08. The third-order valence-corrected chi connectivity index (χ3v) is 3.07. The zero-order valence-electron chi connectivity index (χ0n) is 8.05. The minimum Gasteiger partial charge on any atom is -0.337 e. The maximum atomic E-state index is 13.5. The van der Waals surface area contributed by atoms with Gasteiger partial charge in [-0.25, -0.2) is 9.37 Å². The molecule has 0 radical (unpaired) electrons. The predicted octanol–water partition coefficient (Wildman–Crippen LogP) is 4.49. The molecule has 1 N–H and O–H groups in total. The summed E-state index contributed by atoms with van der Waals surface area (Å²) in [5.41, 5.74) is 0.383. The van der Waals surface area contributed by atoms with Crippen LogP contribution in [0.2, 0.25) is 0 Å². The number of nitrogens with one attached hydrogen (secondary N) is 1. The molecule has 1 aromatic heterocycles. The average Bonchev–Trinajstić information content (AvgIpc) is 2.27. The van der Waals surface area contributed by atoms with Crippen molar-refractivity contribution in [2.45, 2.75) is 0 Å². The van der Waals surface area contributed by atoms with Crippen LogP contribution in [0.5, 0.6) is 0 Å². The lowest BCUT2D eigenvalue weighted by Gasteiger charge is -2.08. The van der Waals surface area contributed by atoms with Gasteiger partial charge in [0, 0.05) is 10.7 Å². The van der Waals surface area contributed by atoms with Gasteiger partial charge in [0.15, 0.2) is 0 Å². The summed E-state index contributed by atoms with van der Waals surface area (Å²) in [5, 5.41) is 2.92. The largest absolute Gasteiger partial charge is 0.337 e. The molecule has 0 aliphatic carbocycles. The van der Waals surface area contributed by atoms with E-state index in [0.29, 0.717) is 11.5 Å². The topological polar surface area (TPSA) is 24.9 Å². The quantitative estimate of drug-likeness (QED) is 0.867. The van der Waals surface area contributed by atoms with Crippen LogP contribution < -0.4 is 5.32 Å². The van der Waals surface area contributed by atoms with E-state index in [1.807, 2.05) is 6.07 Å². The fourth-order valence-corrected chi connectivity index (χ4v) is 1.91. The van der Waals surface area contributed by atoms with E-state index >= 15 is 0 Å². The number of nitrogens with zero attached hydrogens (tertiary/aromatic N) is 1. The molecule has 0 saturated heterocycles. The zero-order chi connectivity index (χ0) is 11.5. The van der Waals surface area contributed by atoms with Crippen molar-refractivity contribution in [3.8, 4) is 0 Å². The molecule has 0 unspecified atom stereocenters. The Bertz CT molecular complexity index is 517. The van der Waals surface area contributed by atoms with Gasteiger partial charge < -0.3 is 5.32 Å². The van der Waals surface area contributed by atoms with Gasteiger partial charge in [0.1, 0.15) is 11.6 Å². The highest BCUT2D eigenvalue weighted by Crippen LogP contribution is 2.26. The maximum Gasteiger partial charge on any atom is 0.146 e. The Kier molecular flexibility index (Phi) is 3.56. The fourth-order valence-electron chi connectivity index (χ4n) is 1.20. The summed E-state index contributed by atoms with van der Waals surface area (Å²) in [6, 6.07) is 8.34. The molecule has 2 rings (SSSR count). The number of aromatic nitrogens is 1. The number of rotatable bonds is 2. The number of benzene rings is 1. The van der Waals surface area contributed by atoms with Gasteiger partial charge in [-0.15, -0.1) is 0 Å². The van der Waals surface area contributed by atoms with E-state index in [4.69, 9.17) is 0 Å². The van der Waals surface area contributed by atoms with Gasteiger partial charge in [-0.2, -0.15) is 0 Å². The summed E-state index contributed by atoms with van der Waals surface area (Å²) in [6.07, 6.45) is 1.64. The lowest BCUT2D eigenvalue weighted by molar-refractivity contribution is 0.631. The number of hydrogen-bond donors (Lipinski definition) is 1. The second-order valence-electron chi connectivity index (χ2n) is 3.08. The molecule has 0 bridgehead atoms. The molecule has 0 amide bonds. The van der Waals surface area contributed by atoms with Crippen LogP contribution in [0.3, 0.4) is 0 Å². The molecule has 0 saturated carbocycles. The van der Waals surface area contributed by atoms with Crippen LogP contribution in [0.15, 0.2) is 45.5 Å². The van der Waals surface area contributed by atoms with Crippen molar-refractivity contribution in [2.24, 2.45) is 0 Å². The highest BCUT2D eigenvalue weighted by Gasteiger charge is 2.05. The van der Waals surface area contributed by atoms with Crippen LogP contribution in [0, 0.1) is 5.82 Å². The molecule has 82 valence electrons. The zero-order valence-corrected chi connectivity index (χ0v) is 11.2. The van der Waals surface area contributed by atoms with Crippen molar-refractivity contribution in [3.63, 3.8) is 0 Å². The Labute approximate surface area is 109 Å². The monoisotopic (exact) mass is 344 g/mol. The number of halogens is 3. The molecule has 0 aliphatic heterocycles. The van der Waals surface area contributed by atoms with Gasteiger partial charge in [0.2, 0.25) is 0 Å². The third-order valence-electron chi connectivity index (χ3n) is 1.94. The van der Waals surface area contributed by atoms with Crippen LogP contribution in [0.4, 0.5) is 15.9 Å². The molecule has 2 nitrogen and oxygen atoms in total. The fraction of sp³-hybridized carbons (Fsp3) is 0. The van der Waals surface area contributed by atoms with E-state index in [1.165, 1.54) is 6.07 Å². The maximum absolute atomic E-state index is 13.5. The standard InChI is InChI=1S/C11H7Br2FN2/c12-7-3-4-9(14)10(6-7)16-11-8(13)2-1-5-15-11/h1-6H,(H,15,16). The third kappa shape index (κ3) is 2.59. The minimum atomic E-state index is -0.319. The van der Waals surface area contributed by atoms with Crippen LogP contribution in [0.1, 0.15) is 0 Å². The molecular formula is C11H7Br2FN2. The summed E-state index contributed by atoms with van der Waals surface area (Å²) >= 11 is 6.63. The van der Waals surface area contributed by atoms with E-state index in [1.54, 1.807) is 24.4 Å². The summed E-state index contributed by atoms with van der Waals surface area (Å²) in [6.45, 7) is 0. The molecule has 16 heavy (non-hydrogen) atoms. The van der Waals surface area contributed by atoms with Gasteiger partial charge >= 0.3 is 0 Å². The van der Waals surface area contributed by atoms with Crippen molar-refractivity contribution in [1.29, 1.82) is 0 Å². The smallest absolute Gasteiger partial charge is 0.146 e. The lowest BCUT2D eigenvalue weighted by atomic mass is 10.3. The molecule has 0 fully saturated rings. The minimum absolute atomic E-state index is 0.319. The highest BCUT2D eigenvalue weighted by atomic mass is 79.9. The first-order chi connectivity index (χ1) is 7.66. The van der Waals surface area contributed by atoms with Crippen LogP contribution in [0.25, 0.3) is 0 Å². The molecule has 1 heterocycles. The van der Waals surface area contributed by atoms with Gasteiger partial charge in [0.05, 0.1) is 10.2 Å². The Morgan fingerprint density at radius 3 is 2.75 bits per heavy atom. The van der Waals surface area contributed by atoms with Crippen molar-refractivity contribution in [3.05, 3.63) is 51.3 Å². The number of hydrogen-bond acceptors (Lipinski definition) is 2. The first kappa shape index (κ1) is 11.5. The molecule has 0 spiro atoms. The molecule has 2 aromatic rings. The van der Waals surface area contributed by atoms with E-state index in [-0.39, 0.29) is 5.82 Å². The van der Waals surface area contributed by atoms with Gasteiger partial charge in [-0.3, -0.25) is 0 Å². The van der Waals surface area contributed by atoms with Crippen molar-refractivity contribution in [2.75, 3.05) is 5.32 Å². The second kappa shape index (κ2) is 4.93. The molecule has 0 atom stereocenters. The van der Waals surface area contributed by atoms with Crippen LogP contribution in [-0.2, 0) is 0 Å².